The molecule has 1 saturated carbocycles. The number of hydrogen-bond acceptors (Lipinski definition) is 9. The van der Waals surface area contributed by atoms with Gasteiger partial charge in [0.1, 0.15) is 17.1 Å². The number of H-pyrrole nitrogens is 1. The predicted octanol–water partition coefficient (Wildman–Crippen LogP) is 3.90. The summed E-state index contributed by atoms with van der Waals surface area (Å²) in [5, 5.41) is 18.9. The van der Waals surface area contributed by atoms with Crippen molar-refractivity contribution in [1.29, 1.82) is 0 Å². The third-order valence-electron chi connectivity index (χ3n) is 8.64. The molecule has 0 spiro atoms. The Labute approximate surface area is 252 Å². The highest BCUT2D eigenvalue weighted by atomic mass is 19.1. The number of halogens is 1. The molecule has 6 heterocycles. The number of aryl methyl sites for hydroxylation is 1. The van der Waals surface area contributed by atoms with Gasteiger partial charge in [-0.1, -0.05) is 6.07 Å². The number of nitrogens with one attached hydrogen (secondary N) is 3. The molecule has 1 atom stereocenters. The molecule has 1 aliphatic heterocycles. The minimum Gasteiger partial charge on any atom is -0.368 e. The number of rotatable bonds is 9. The molecular weight excluding hydrogens is 565 g/mol. The van der Waals surface area contributed by atoms with E-state index in [0.29, 0.717) is 49.4 Å². The Morgan fingerprint density at radius 2 is 2.00 bits per heavy atom. The van der Waals surface area contributed by atoms with Gasteiger partial charge in [-0.2, -0.15) is 20.2 Å². The first-order chi connectivity index (χ1) is 21.3. The minimum atomic E-state index is -0.991. The summed E-state index contributed by atoms with van der Waals surface area (Å²) >= 11 is 0. The monoisotopic (exact) mass is 599 g/mol. The quantitative estimate of drug-likeness (QED) is 0.230. The largest absolute Gasteiger partial charge is 0.368 e. The summed E-state index contributed by atoms with van der Waals surface area (Å²) in [6.45, 7) is 2.97. The van der Waals surface area contributed by atoms with E-state index in [9.17, 15) is 9.18 Å². The Balaban J connectivity index is 1.04. The first-order valence-corrected chi connectivity index (χ1v) is 14.7. The van der Waals surface area contributed by atoms with Crippen molar-refractivity contribution >= 4 is 34.5 Å². The lowest BCUT2D eigenvalue weighted by atomic mass is 9.89. The van der Waals surface area contributed by atoms with Crippen LogP contribution in [-0.2, 0) is 16.6 Å². The fourth-order valence-electron chi connectivity index (χ4n) is 5.71. The lowest BCUT2D eigenvalue weighted by Crippen LogP contribution is -2.55. The fraction of sp³-hybridized carbons (Fsp3) is 0.400. The zero-order valence-electron chi connectivity index (χ0n) is 24.8. The number of piperidine rings is 1. The van der Waals surface area contributed by atoms with Gasteiger partial charge in [-0.15, -0.1) is 0 Å². The summed E-state index contributed by atoms with van der Waals surface area (Å²) in [7, 11) is 3.54. The Kier molecular flexibility index (Phi) is 6.99. The van der Waals surface area contributed by atoms with Crippen molar-refractivity contribution in [2.75, 3.05) is 30.4 Å². The first-order valence-electron chi connectivity index (χ1n) is 14.7. The molecule has 13 nitrogen and oxygen atoms in total. The number of carbonyl (C=O) groups excluding carboxylic acids is 1. The summed E-state index contributed by atoms with van der Waals surface area (Å²) in [5.74, 6) is 2.43. The summed E-state index contributed by atoms with van der Waals surface area (Å²) in [4.78, 5) is 29.8. The lowest BCUT2D eigenvalue weighted by Gasteiger charge is -2.40. The third-order valence-corrected chi connectivity index (χ3v) is 8.64. The van der Waals surface area contributed by atoms with Gasteiger partial charge in [-0.25, -0.2) is 14.1 Å². The molecule has 5 aromatic rings. The van der Waals surface area contributed by atoms with E-state index < -0.39 is 11.4 Å². The van der Waals surface area contributed by atoms with Crippen LogP contribution in [0.3, 0.4) is 0 Å². The highest BCUT2D eigenvalue weighted by Gasteiger charge is 2.43. The van der Waals surface area contributed by atoms with Gasteiger partial charge in [0.05, 0.1) is 23.8 Å². The normalized spacial score (nSPS) is 17.1. The zero-order chi connectivity index (χ0) is 30.4. The molecule has 0 aromatic carbocycles. The first kappa shape index (κ1) is 28.0. The van der Waals surface area contributed by atoms with Gasteiger partial charge in [-0.05, 0) is 37.5 Å². The summed E-state index contributed by atoms with van der Waals surface area (Å²) in [6.07, 6.45) is 9.31. The van der Waals surface area contributed by atoms with Crippen molar-refractivity contribution in [3.05, 3.63) is 66.1 Å². The second kappa shape index (κ2) is 11.0. The smallest absolute Gasteiger partial charge is 0.252 e. The molecule has 1 saturated heterocycles. The van der Waals surface area contributed by atoms with E-state index in [1.54, 1.807) is 19.4 Å². The topological polar surface area (TPSA) is 144 Å². The van der Waals surface area contributed by atoms with Crippen LogP contribution in [0.4, 0.5) is 22.0 Å². The van der Waals surface area contributed by atoms with Gasteiger partial charge in [0.15, 0.2) is 17.5 Å². The summed E-state index contributed by atoms with van der Waals surface area (Å²) in [6, 6.07) is 7.30. The van der Waals surface area contributed by atoms with Crippen molar-refractivity contribution in [1.82, 2.24) is 44.8 Å². The van der Waals surface area contributed by atoms with Crippen LogP contribution < -0.4 is 15.5 Å². The number of anilines is 3. The molecule has 1 aliphatic carbocycles. The second-order valence-electron chi connectivity index (χ2n) is 11.6. The van der Waals surface area contributed by atoms with Crippen LogP contribution in [0.5, 0.6) is 0 Å². The standard InChI is InChI=1S/C30H34FN11O2/c1-18(20-6-7-25(32-15-20)42-17-21(31)16-33-42)34-28(43)30(44-3)9-12-41(13-10-30)29-36-26(22-8-11-40(2)27(22)37-29)35-24-14-23(38-39-24)19-4-5-19/h6-8,11,14-19H,4-5,9-10,12-13H2,1-3H3,(H,34,43)(H2,35,36,37,38,39)/t18-/m0/s1. The van der Waals surface area contributed by atoms with Crippen LogP contribution >= 0.6 is 0 Å². The Hall–Kier alpha value is -4.85. The van der Waals surface area contributed by atoms with Crippen LogP contribution in [0, 0.1) is 5.82 Å². The number of pyridine rings is 1. The van der Waals surface area contributed by atoms with Crippen molar-refractivity contribution in [2.24, 2.45) is 7.05 Å². The number of nitrogens with zero attached hydrogens (tertiary/aromatic N) is 8. The summed E-state index contributed by atoms with van der Waals surface area (Å²) in [5.41, 5.74) is 1.77. The highest BCUT2D eigenvalue weighted by Crippen LogP contribution is 2.40. The van der Waals surface area contributed by atoms with E-state index in [1.807, 2.05) is 42.9 Å². The fourth-order valence-corrected chi connectivity index (χ4v) is 5.71. The molecular formula is C30H34FN11O2. The molecule has 3 N–H and O–H groups in total. The second-order valence-corrected chi connectivity index (χ2v) is 11.6. The van der Waals surface area contributed by atoms with Crippen LogP contribution in [0.25, 0.3) is 16.9 Å². The van der Waals surface area contributed by atoms with Crippen molar-refractivity contribution in [3.63, 3.8) is 0 Å². The van der Waals surface area contributed by atoms with Gasteiger partial charge in [0.25, 0.3) is 5.91 Å². The molecule has 7 rings (SSSR count). The average Bonchev–Trinajstić information content (AvgIpc) is 3.43. The van der Waals surface area contributed by atoms with Gasteiger partial charge in [0.2, 0.25) is 5.95 Å². The Bertz CT molecular complexity index is 1800. The molecule has 2 aliphatic rings. The number of ether oxygens (including phenoxy) is 1. The molecule has 44 heavy (non-hydrogen) atoms. The Morgan fingerprint density at radius 1 is 1.18 bits per heavy atom. The molecule has 1 amide bonds. The van der Waals surface area contributed by atoms with Gasteiger partial charge in [-0.3, -0.25) is 9.89 Å². The van der Waals surface area contributed by atoms with E-state index in [-0.39, 0.29) is 11.9 Å². The van der Waals surface area contributed by atoms with Crippen LogP contribution in [0.1, 0.15) is 55.8 Å². The van der Waals surface area contributed by atoms with Crippen LogP contribution in [-0.4, -0.2) is 71.2 Å². The van der Waals surface area contributed by atoms with Crippen molar-refractivity contribution < 1.29 is 13.9 Å². The van der Waals surface area contributed by atoms with Gasteiger partial charge < -0.3 is 24.8 Å². The zero-order valence-corrected chi connectivity index (χ0v) is 24.8. The van der Waals surface area contributed by atoms with E-state index >= 15 is 0 Å². The number of hydrogen-bond donors (Lipinski definition) is 3. The number of fused-ring (bicyclic) bond motifs is 1. The maximum atomic E-state index is 13.6. The maximum Gasteiger partial charge on any atom is 0.252 e. The molecule has 228 valence electrons. The number of aromatic nitrogens is 8. The molecule has 0 unspecified atom stereocenters. The van der Waals surface area contributed by atoms with Crippen molar-refractivity contribution in [3.8, 4) is 5.82 Å². The van der Waals surface area contributed by atoms with E-state index in [0.717, 1.165) is 34.3 Å². The number of aromatic amines is 1. The molecule has 5 aromatic heterocycles. The Morgan fingerprint density at radius 3 is 2.68 bits per heavy atom. The maximum absolute atomic E-state index is 13.6. The lowest BCUT2D eigenvalue weighted by molar-refractivity contribution is -0.146. The summed E-state index contributed by atoms with van der Waals surface area (Å²) < 4.78 is 22.5. The molecule has 0 bridgehead atoms. The number of methoxy groups -OCH3 is 1. The van der Waals surface area contributed by atoms with Crippen LogP contribution in [0.2, 0.25) is 0 Å². The van der Waals surface area contributed by atoms with Gasteiger partial charge in [0, 0.05) is 70.2 Å². The number of amides is 1. The highest BCUT2D eigenvalue weighted by molar-refractivity contribution is 5.90. The van der Waals surface area contributed by atoms with Crippen molar-refractivity contribution in [2.45, 2.75) is 50.2 Å². The number of carbonyl (C=O) groups is 1. The molecule has 0 radical (unpaired) electrons. The van der Waals surface area contributed by atoms with Crippen LogP contribution in [0.15, 0.2) is 49.1 Å². The average molecular weight is 600 g/mol. The minimum absolute atomic E-state index is 0.184. The van der Waals surface area contributed by atoms with E-state index in [2.05, 4.69) is 35.8 Å². The van der Waals surface area contributed by atoms with E-state index in [1.165, 1.54) is 23.7 Å². The third kappa shape index (κ3) is 5.25. The SMILES string of the molecule is COC1(C(=O)N[C@@H](C)c2ccc(-n3cc(F)cn3)nc2)CCN(c2nc(Nc3cc(C4CC4)[nH]n3)c3ccn(C)c3n2)CC1. The predicted molar refractivity (Wildman–Crippen MR) is 161 cm³/mol. The molecule has 14 heteroatoms. The van der Waals surface area contributed by atoms with Gasteiger partial charge >= 0.3 is 0 Å². The van der Waals surface area contributed by atoms with E-state index in [4.69, 9.17) is 14.7 Å². The molecule has 2 fully saturated rings.